The molecule has 2 aromatic rings. The molecule has 0 saturated heterocycles. The molecular formula is C18H16BrFN2O5S. The minimum Gasteiger partial charge on any atom is -0.455 e. The van der Waals surface area contributed by atoms with Crippen LogP contribution in [0.15, 0.2) is 58.4 Å². The third kappa shape index (κ3) is 7.59. The van der Waals surface area contributed by atoms with Gasteiger partial charge in [-0.25, -0.2) is 17.5 Å². The highest BCUT2D eigenvalue weighted by Crippen LogP contribution is 2.19. The molecule has 2 rings (SSSR count). The van der Waals surface area contributed by atoms with Crippen LogP contribution in [-0.4, -0.2) is 33.4 Å². The first-order valence-corrected chi connectivity index (χ1v) is 10.2. The van der Waals surface area contributed by atoms with Gasteiger partial charge in [-0.3, -0.25) is 9.59 Å². The van der Waals surface area contributed by atoms with Crippen molar-refractivity contribution in [3.05, 3.63) is 69.8 Å². The minimum atomic E-state index is -3.86. The second-order valence-corrected chi connectivity index (χ2v) is 7.98. The number of halogens is 2. The van der Waals surface area contributed by atoms with Gasteiger partial charge in [0.05, 0.1) is 5.69 Å². The molecule has 2 N–H and O–H groups in total. The molecule has 0 unspecified atom stereocenters. The van der Waals surface area contributed by atoms with Gasteiger partial charge in [0.25, 0.3) is 5.91 Å². The predicted molar refractivity (Wildman–Crippen MR) is 106 cm³/mol. The van der Waals surface area contributed by atoms with Crippen LogP contribution in [-0.2, 0) is 24.3 Å². The number of nitrogens with one attached hydrogen (secondary N) is 2. The lowest BCUT2D eigenvalue weighted by Gasteiger charge is -2.08. The normalized spacial score (nSPS) is 11.4. The van der Waals surface area contributed by atoms with Crippen molar-refractivity contribution in [2.45, 2.75) is 0 Å². The second-order valence-electron chi connectivity index (χ2n) is 5.41. The molecule has 10 heteroatoms. The molecule has 0 atom stereocenters. The van der Waals surface area contributed by atoms with Crippen molar-refractivity contribution in [3.8, 4) is 0 Å². The number of carbonyl (C=O) groups is 2. The first kappa shape index (κ1) is 21.7. The topological polar surface area (TPSA) is 102 Å². The van der Waals surface area contributed by atoms with Crippen molar-refractivity contribution in [2.24, 2.45) is 0 Å². The van der Waals surface area contributed by atoms with E-state index in [1.807, 2.05) is 4.72 Å². The molecule has 28 heavy (non-hydrogen) atoms. The Morgan fingerprint density at radius 2 is 1.86 bits per heavy atom. The summed E-state index contributed by atoms with van der Waals surface area (Å²) in [5.74, 6) is -2.38. The van der Waals surface area contributed by atoms with E-state index in [0.29, 0.717) is 10.0 Å². The van der Waals surface area contributed by atoms with E-state index in [1.165, 1.54) is 24.3 Å². The summed E-state index contributed by atoms with van der Waals surface area (Å²) >= 11 is 3.09. The largest absolute Gasteiger partial charge is 0.455 e. The van der Waals surface area contributed by atoms with Gasteiger partial charge in [0.15, 0.2) is 6.61 Å². The SMILES string of the molecule is O=C(COC(=O)CNS(=O)(=O)/C=C/c1ccccc1)Nc1ccc(Br)cc1F. The lowest BCUT2D eigenvalue weighted by molar-refractivity contribution is -0.146. The summed E-state index contributed by atoms with van der Waals surface area (Å²) in [4.78, 5) is 23.3. The van der Waals surface area contributed by atoms with Crippen LogP contribution in [0.5, 0.6) is 0 Å². The molecule has 0 spiro atoms. The van der Waals surface area contributed by atoms with Crippen LogP contribution in [0, 0.1) is 5.82 Å². The highest BCUT2D eigenvalue weighted by molar-refractivity contribution is 9.10. The van der Waals surface area contributed by atoms with Gasteiger partial charge in [0.2, 0.25) is 10.0 Å². The zero-order valence-corrected chi connectivity index (χ0v) is 16.8. The highest BCUT2D eigenvalue weighted by Gasteiger charge is 2.13. The van der Waals surface area contributed by atoms with E-state index in [2.05, 4.69) is 26.0 Å². The van der Waals surface area contributed by atoms with Crippen molar-refractivity contribution in [1.29, 1.82) is 0 Å². The molecule has 0 bridgehead atoms. The quantitative estimate of drug-likeness (QED) is 0.577. The van der Waals surface area contributed by atoms with Gasteiger partial charge >= 0.3 is 5.97 Å². The van der Waals surface area contributed by atoms with E-state index in [-0.39, 0.29) is 5.69 Å². The first-order chi connectivity index (χ1) is 13.2. The van der Waals surface area contributed by atoms with Gasteiger partial charge in [-0.05, 0) is 29.8 Å². The first-order valence-electron chi connectivity index (χ1n) is 7.88. The molecule has 7 nitrogen and oxygen atoms in total. The van der Waals surface area contributed by atoms with Crippen LogP contribution in [0.25, 0.3) is 6.08 Å². The molecular weight excluding hydrogens is 455 g/mol. The smallest absolute Gasteiger partial charge is 0.321 e. The van der Waals surface area contributed by atoms with E-state index in [0.717, 1.165) is 5.41 Å². The average Bonchev–Trinajstić information content (AvgIpc) is 2.66. The minimum absolute atomic E-state index is 0.0731. The van der Waals surface area contributed by atoms with Crippen LogP contribution in [0.1, 0.15) is 5.56 Å². The molecule has 0 aliphatic carbocycles. The fourth-order valence-corrected chi connectivity index (χ4v) is 3.00. The lowest BCUT2D eigenvalue weighted by atomic mass is 10.2. The van der Waals surface area contributed by atoms with E-state index in [4.69, 9.17) is 0 Å². The third-order valence-corrected chi connectivity index (χ3v) is 4.76. The number of esters is 1. The van der Waals surface area contributed by atoms with Crippen molar-refractivity contribution >= 4 is 49.6 Å². The maximum atomic E-state index is 13.6. The molecule has 0 saturated carbocycles. The number of ether oxygens (including phenoxy) is 1. The monoisotopic (exact) mass is 470 g/mol. The lowest BCUT2D eigenvalue weighted by Crippen LogP contribution is -2.31. The summed E-state index contributed by atoms with van der Waals surface area (Å²) < 4.78 is 44.5. The molecule has 0 aromatic heterocycles. The van der Waals surface area contributed by atoms with E-state index < -0.39 is 40.9 Å². The van der Waals surface area contributed by atoms with Gasteiger partial charge in [0, 0.05) is 9.88 Å². The number of hydrogen-bond acceptors (Lipinski definition) is 5. The number of hydrogen-bond donors (Lipinski definition) is 2. The summed E-state index contributed by atoms with van der Waals surface area (Å²) in [5.41, 5.74) is 0.600. The van der Waals surface area contributed by atoms with Crippen molar-refractivity contribution in [3.63, 3.8) is 0 Å². The average molecular weight is 471 g/mol. The van der Waals surface area contributed by atoms with Gasteiger partial charge < -0.3 is 10.1 Å². The number of rotatable bonds is 8. The fraction of sp³-hybridized carbons (Fsp3) is 0.111. The Bertz CT molecular complexity index is 981. The number of amides is 1. The molecule has 148 valence electrons. The Labute approximate surface area is 169 Å². The Kier molecular flexibility index (Phi) is 7.85. The van der Waals surface area contributed by atoms with Crippen LogP contribution in [0.4, 0.5) is 10.1 Å². The standard InChI is InChI=1S/C18H16BrFN2O5S/c19-14-6-7-16(15(20)10-14)22-17(23)12-27-18(24)11-21-28(25,26)9-8-13-4-2-1-3-5-13/h1-10,21H,11-12H2,(H,22,23)/b9-8+. The Morgan fingerprint density at radius 1 is 1.14 bits per heavy atom. The number of benzene rings is 2. The van der Waals surface area contributed by atoms with Gasteiger partial charge in [-0.2, -0.15) is 0 Å². The van der Waals surface area contributed by atoms with E-state index in [9.17, 15) is 22.4 Å². The maximum Gasteiger partial charge on any atom is 0.321 e. The van der Waals surface area contributed by atoms with E-state index >= 15 is 0 Å². The molecule has 0 aliphatic heterocycles. The number of sulfonamides is 1. The molecule has 1 amide bonds. The third-order valence-electron chi connectivity index (χ3n) is 3.23. The van der Waals surface area contributed by atoms with Crippen molar-refractivity contribution in [1.82, 2.24) is 4.72 Å². The summed E-state index contributed by atoms with van der Waals surface area (Å²) in [6.07, 6.45) is 1.37. The van der Waals surface area contributed by atoms with E-state index in [1.54, 1.807) is 30.3 Å². The summed E-state index contributed by atoms with van der Waals surface area (Å²) in [5, 5.41) is 3.16. The van der Waals surface area contributed by atoms with Crippen LogP contribution >= 0.6 is 15.9 Å². The zero-order chi connectivity index (χ0) is 20.6. The molecule has 0 radical (unpaired) electrons. The Morgan fingerprint density at radius 3 is 2.54 bits per heavy atom. The van der Waals surface area contributed by atoms with Crippen LogP contribution in [0.3, 0.4) is 0 Å². The van der Waals surface area contributed by atoms with Gasteiger partial charge in [-0.1, -0.05) is 46.3 Å². The van der Waals surface area contributed by atoms with Crippen molar-refractivity contribution < 1.29 is 27.1 Å². The Balaban J connectivity index is 1.77. The second kappa shape index (κ2) is 10.1. The number of anilines is 1. The Hall–Kier alpha value is -2.56. The van der Waals surface area contributed by atoms with Gasteiger partial charge in [-0.15, -0.1) is 0 Å². The number of carbonyl (C=O) groups excluding carboxylic acids is 2. The molecule has 2 aromatic carbocycles. The molecule has 0 fully saturated rings. The molecule has 0 heterocycles. The summed E-state index contributed by atoms with van der Waals surface area (Å²) in [6, 6.07) is 12.8. The molecule has 0 aliphatic rings. The predicted octanol–water partition coefficient (Wildman–Crippen LogP) is 2.66. The van der Waals surface area contributed by atoms with Gasteiger partial charge in [0.1, 0.15) is 12.4 Å². The fourth-order valence-electron chi connectivity index (χ4n) is 1.91. The zero-order valence-electron chi connectivity index (χ0n) is 14.4. The van der Waals surface area contributed by atoms with Crippen LogP contribution in [0.2, 0.25) is 0 Å². The van der Waals surface area contributed by atoms with Crippen LogP contribution < -0.4 is 10.0 Å². The summed E-state index contributed by atoms with van der Waals surface area (Å²) in [7, 11) is -3.86. The summed E-state index contributed by atoms with van der Waals surface area (Å²) in [6.45, 7) is -1.34. The highest BCUT2D eigenvalue weighted by atomic mass is 79.9. The maximum absolute atomic E-state index is 13.6. The van der Waals surface area contributed by atoms with Crippen molar-refractivity contribution in [2.75, 3.05) is 18.5 Å².